The van der Waals surface area contributed by atoms with Gasteiger partial charge in [0, 0.05) is 0 Å². The number of nitrogens with zero attached hydrogens (tertiary/aromatic N) is 1. The molecule has 0 heterocycles. The molecule has 2 N–H and O–H groups in total. The van der Waals surface area contributed by atoms with Crippen LogP contribution in [0.25, 0.3) is 0 Å². The summed E-state index contributed by atoms with van der Waals surface area (Å²) < 4.78 is 0. The predicted molar refractivity (Wildman–Crippen MR) is 50.4 cm³/mol. The van der Waals surface area contributed by atoms with Crippen LogP contribution in [0, 0.1) is 11.3 Å². The molecule has 1 aromatic rings. The number of aryl methyl sites for hydroxylation is 1. The van der Waals surface area contributed by atoms with Crippen LogP contribution in [0.3, 0.4) is 0 Å². The van der Waals surface area contributed by atoms with Crippen LogP contribution in [0.1, 0.15) is 18.1 Å². The van der Waals surface area contributed by atoms with Gasteiger partial charge in [0.2, 0.25) is 0 Å². The van der Waals surface area contributed by atoms with Crippen molar-refractivity contribution >= 4 is 12.6 Å². The van der Waals surface area contributed by atoms with E-state index < -0.39 is 7.12 Å². The molecule has 0 aliphatic heterocycles. The molecule has 1 rings (SSSR count). The van der Waals surface area contributed by atoms with Gasteiger partial charge in [-0.2, -0.15) is 5.26 Å². The average Bonchev–Trinajstić information content (AvgIpc) is 2.16. The van der Waals surface area contributed by atoms with Crippen LogP contribution >= 0.6 is 0 Å². The summed E-state index contributed by atoms with van der Waals surface area (Å²) in [5, 5.41) is 26.5. The van der Waals surface area contributed by atoms with Crippen molar-refractivity contribution < 1.29 is 10.0 Å². The van der Waals surface area contributed by atoms with Gasteiger partial charge in [-0.3, -0.25) is 0 Å². The molecule has 0 aromatic heterocycles. The Morgan fingerprint density at radius 2 is 2.15 bits per heavy atom. The molecular formula is C9H10BNO2. The van der Waals surface area contributed by atoms with Crippen LogP contribution < -0.4 is 5.46 Å². The molecule has 0 aliphatic rings. The van der Waals surface area contributed by atoms with Crippen LogP contribution in [-0.2, 0) is 6.42 Å². The normalized spacial score (nSPS) is 9.38. The third-order valence-corrected chi connectivity index (χ3v) is 1.93. The van der Waals surface area contributed by atoms with Crippen molar-refractivity contribution in [2.24, 2.45) is 0 Å². The quantitative estimate of drug-likeness (QED) is 0.611. The Balaban J connectivity index is 3.15. The molecule has 0 atom stereocenters. The molecule has 4 heteroatoms. The maximum absolute atomic E-state index is 8.88. The summed E-state index contributed by atoms with van der Waals surface area (Å²) in [5.74, 6) is 0. The van der Waals surface area contributed by atoms with Gasteiger partial charge >= 0.3 is 7.12 Å². The van der Waals surface area contributed by atoms with Crippen molar-refractivity contribution in [1.29, 1.82) is 5.26 Å². The fraction of sp³-hybridized carbons (Fsp3) is 0.222. The summed E-state index contributed by atoms with van der Waals surface area (Å²) in [6, 6.07) is 6.84. The number of hydrogen-bond acceptors (Lipinski definition) is 3. The lowest BCUT2D eigenvalue weighted by molar-refractivity contribution is 0.425. The average molecular weight is 175 g/mol. The molecule has 1 aromatic carbocycles. The molecule has 0 amide bonds. The van der Waals surface area contributed by atoms with Crippen molar-refractivity contribution in [3.05, 3.63) is 29.3 Å². The van der Waals surface area contributed by atoms with Crippen molar-refractivity contribution in [3.63, 3.8) is 0 Å². The van der Waals surface area contributed by atoms with Gasteiger partial charge in [0.25, 0.3) is 0 Å². The van der Waals surface area contributed by atoms with E-state index in [-0.39, 0.29) is 0 Å². The monoisotopic (exact) mass is 175 g/mol. The summed E-state index contributed by atoms with van der Waals surface area (Å²) in [4.78, 5) is 0. The Morgan fingerprint density at radius 1 is 1.46 bits per heavy atom. The summed E-state index contributed by atoms with van der Waals surface area (Å²) in [7, 11) is -1.46. The Bertz CT molecular complexity index is 344. The molecule has 0 unspecified atom stereocenters. The van der Waals surface area contributed by atoms with Gasteiger partial charge in [-0.15, -0.1) is 0 Å². The van der Waals surface area contributed by atoms with E-state index in [0.717, 1.165) is 5.56 Å². The fourth-order valence-electron chi connectivity index (χ4n) is 1.18. The molecule has 13 heavy (non-hydrogen) atoms. The molecule has 0 bridgehead atoms. The molecule has 3 nitrogen and oxygen atoms in total. The third kappa shape index (κ3) is 2.08. The van der Waals surface area contributed by atoms with E-state index in [9.17, 15) is 0 Å². The Labute approximate surface area is 77.4 Å². The van der Waals surface area contributed by atoms with Crippen molar-refractivity contribution in [2.75, 3.05) is 0 Å². The first-order valence-electron chi connectivity index (χ1n) is 4.08. The Hall–Kier alpha value is -1.31. The molecule has 0 spiro atoms. The van der Waals surface area contributed by atoms with Gasteiger partial charge in [0.1, 0.15) is 0 Å². The lowest BCUT2D eigenvalue weighted by atomic mass is 9.78. The third-order valence-electron chi connectivity index (χ3n) is 1.93. The van der Waals surface area contributed by atoms with Gasteiger partial charge < -0.3 is 10.0 Å². The molecule has 0 aliphatic carbocycles. The van der Waals surface area contributed by atoms with Gasteiger partial charge in [0.05, 0.1) is 11.6 Å². The SMILES string of the molecule is CCc1cc(B(O)O)ccc1C#N. The van der Waals surface area contributed by atoms with E-state index in [2.05, 4.69) is 0 Å². The molecular weight excluding hydrogens is 165 g/mol. The Morgan fingerprint density at radius 3 is 2.62 bits per heavy atom. The van der Waals surface area contributed by atoms with E-state index in [4.69, 9.17) is 15.3 Å². The van der Waals surface area contributed by atoms with Crippen molar-refractivity contribution in [2.45, 2.75) is 13.3 Å². The maximum Gasteiger partial charge on any atom is 0.488 e. The van der Waals surface area contributed by atoms with Crippen LogP contribution in [0.5, 0.6) is 0 Å². The zero-order valence-electron chi connectivity index (χ0n) is 7.36. The van der Waals surface area contributed by atoms with Crippen molar-refractivity contribution in [1.82, 2.24) is 0 Å². The highest BCUT2D eigenvalue weighted by Crippen LogP contribution is 2.06. The zero-order chi connectivity index (χ0) is 9.84. The summed E-state index contributed by atoms with van der Waals surface area (Å²) in [5.41, 5.74) is 1.86. The lowest BCUT2D eigenvalue weighted by Crippen LogP contribution is -2.30. The summed E-state index contributed by atoms with van der Waals surface area (Å²) in [6.45, 7) is 1.92. The molecule has 0 fully saturated rings. The van der Waals surface area contributed by atoms with E-state index in [1.807, 2.05) is 13.0 Å². The minimum Gasteiger partial charge on any atom is -0.423 e. The number of hydrogen-bond donors (Lipinski definition) is 2. The van der Waals surface area contributed by atoms with E-state index in [1.165, 1.54) is 0 Å². The second kappa shape index (κ2) is 4.08. The minimum atomic E-state index is -1.46. The van der Waals surface area contributed by atoms with Gasteiger partial charge in [0.15, 0.2) is 0 Å². The second-order valence-corrected chi connectivity index (χ2v) is 2.76. The maximum atomic E-state index is 8.88. The van der Waals surface area contributed by atoms with Gasteiger partial charge in [-0.25, -0.2) is 0 Å². The minimum absolute atomic E-state index is 0.427. The second-order valence-electron chi connectivity index (χ2n) is 2.76. The molecule has 0 saturated heterocycles. The summed E-state index contributed by atoms with van der Waals surface area (Å²) >= 11 is 0. The van der Waals surface area contributed by atoms with Crippen LogP contribution in [0.2, 0.25) is 0 Å². The largest absolute Gasteiger partial charge is 0.488 e. The summed E-state index contributed by atoms with van der Waals surface area (Å²) in [6.07, 6.45) is 0.712. The predicted octanol–water partition coefficient (Wildman–Crippen LogP) is -0.200. The van der Waals surface area contributed by atoms with Crippen LogP contribution in [0.4, 0.5) is 0 Å². The van der Waals surface area contributed by atoms with E-state index in [0.29, 0.717) is 17.4 Å². The van der Waals surface area contributed by atoms with Crippen LogP contribution in [0.15, 0.2) is 18.2 Å². The first-order valence-corrected chi connectivity index (χ1v) is 4.08. The highest BCUT2D eigenvalue weighted by molar-refractivity contribution is 6.58. The number of benzene rings is 1. The first kappa shape index (κ1) is 9.78. The first-order chi connectivity index (χ1) is 6.19. The highest BCUT2D eigenvalue weighted by atomic mass is 16.4. The van der Waals surface area contributed by atoms with Gasteiger partial charge in [-0.1, -0.05) is 19.1 Å². The van der Waals surface area contributed by atoms with Gasteiger partial charge in [-0.05, 0) is 23.5 Å². The highest BCUT2D eigenvalue weighted by Gasteiger charge is 2.12. The van der Waals surface area contributed by atoms with E-state index >= 15 is 0 Å². The topological polar surface area (TPSA) is 64.2 Å². The molecule has 66 valence electrons. The smallest absolute Gasteiger partial charge is 0.423 e. The Kier molecular flexibility index (Phi) is 3.07. The standard InChI is InChI=1S/C9H10BNO2/c1-2-7-5-9(10(12)13)4-3-8(7)6-11/h3-5,12-13H,2H2,1H3. The van der Waals surface area contributed by atoms with E-state index in [1.54, 1.807) is 18.2 Å². The zero-order valence-corrected chi connectivity index (χ0v) is 7.36. The number of nitriles is 1. The lowest BCUT2D eigenvalue weighted by Gasteiger charge is -2.03. The fourth-order valence-corrected chi connectivity index (χ4v) is 1.18. The molecule has 0 saturated carbocycles. The number of rotatable bonds is 2. The molecule has 0 radical (unpaired) electrons. The van der Waals surface area contributed by atoms with Crippen LogP contribution in [-0.4, -0.2) is 17.2 Å². The van der Waals surface area contributed by atoms with Crippen molar-refractivity contribution in [3.8, 4) is 6.07 Å².